The average Bonchev–Trinajstić information content (AvgIpc) is 2.47. The van der Waals surface area contributed by atoms with Crippen LogP contribution in [0.5, 0.6) is 0 Å². The lowest BCUT2D eigenvalue weighted by atomic mass is 10.1. The maximum atomic E-state index is 12.6. The van der Waals surface area contributed by atoms with Crippen LogP contribution in [-0.2, 0) is 0 Å². The fourth-order valence-corrected chi connectivity index (χ4v) is 2.86. The molecule has 3 aromatic rings. The lowest BCUT2D eigenvalue weighted by Crippen LogP contribution is -2.07. The molecule has 0 aliphatic carbocycles. The first kappa shape index (κ1) is 15.2. The zero-order valence-corrected chi connectivity index (χ0v) is 12.5. The van der Waals surface area contributed by atoms with Crippen molar-refractivity contribution < 1.29 is 9.85 Å². The Morgan fingerprint density at radius 3 is 2.17 bits per heavy atom. The first-order valence-electron chi connectivity index (χ1n) is 6.07. The van der Waals surface area contributed by atoms with Gasteiger partial charge in [-0.1, -0.05) is 23.2 Å². The van der Waals surface area contributed by atoms with E-state index in [1.165, 1.54) is 12.1 Å². The molecule has 0 saturated heterocycles. The molecule has 1 heterocycles. The van der Waals surface area contributed by atoms with Crippen LogP contribution in [0.25, 0.3) is 21.8 Å². The first-order valence-corrected chi connectivity index (χ1v) is 6.82. The second-order valence-electron chi connectivity index (χ2n) is 4.67. The highest BCUT2D eigenvalue weighted by Gasteiger charge is 2.23. The smallest absolute Gasteiger partial charge is 0.300 e. The molecule has 116 valence electrons. The largest absolute Gasteiger partial charge is 0.347 e. The van der Waals surface area contributed by atoms with E-state index in [1.54, 1.807) is 0 Å². The molecule has 0 saturated carbocycles. The molecule has 23 heavy (non-hydrogen) atoms. The van der Waals surface area contributed by atoms with Gasteiger partial charge in [0.1, 0.15) is 5.52 Å². The highest BCUT2D eigenvalue weighted by molar-refractivity contribution is 6.38. The first-order chi connectivity index (χ1) is 10.8. The van der Waals surface area contributed by atoms with E-state index in [0.29, 0.717) is 0 Å². The normalized spacial score (nSPS) is 11.0. The number of H-pyrrole nitrogens is 1. The topological polar surface area (TPSA) is 119 Å². The van der Waals surface area contributed by atoms with E-state index in [2.05, 4.69) is 4.98 Å². The zero-order valence-electron chi connectivity index (χ0n) is 11.0. The van der Waals surface area contributed by atoms with E-state index < -0.39 is 26.7 Å². The van der Waals surface area contributed by atoms with Gasteiger partial charge in [-0.15, -0.1) is 0 Å². The van der Waals surface area contributed by atoms with Crippen molar-refractivity contribution in [3.05, 3.63) is 64.8 Å². The number of halogens is 2. The number of nitrogens with one attached hydrogen (secondary N) is 1. The van der Waals surface area contributed by atoms with Crippen LogP contribution in [0.1, 0.15) is 0 Å². The molecule has 2 aromatic carbocycles. The highest BCUT2D eigenvalue weighted by atomic mass is 35.5. The summed E-state index contributed by atoms with van der Waals surface area (Å²) in [6.07, 6.45) is 0. The molecule has 0 unspecified atom stereocenters. The zero-order chi connectivity index (χ0) is 16.9. The Kier molecular flexibility index (Phi) is 3.42. The van der Waals surface area contributed by atoms with Crippen molar-refractivity contribution in [3.63, 3.8) is 0 Å². The summed E-state index contributed by atoms with van der Waals surface area (Å²) in [6, 6.07) is 4.49. The van der Waals surface area contributed by atoms with E-state index >= 15 is 0 Å². The molecule has 0 spiro atoms. The van der Waals surface area contributed by atoms with Crippen LogP contribution in [0.2, 0.25) is 10.0 Å². The molecule has 8 nitrogen and oxygen atoms in total. The molecule has 0 aliphatic rings. The highest BCUT2D eigenvalue weighted by Crippen LogP contribution is 2.32. The monoisotopic (exact) mass is 353 g/mol. The number of hydrogen-bond donors (Lipinski definition) is 1. The summed E-state index contributed by atoms with van der Waals surface area (Å²) in [5, 5.41) is 22.3. The second kappa shape index (κ2) is 5.18. The van der Waals surface area contributed by atoms with Gasteiger partial charge in [-0.2, -0.15) is 0 Å². The van der Waals surface area contributed by atoms with Crippen LogP contribution in [0.4, 0.5) is 11.4 Å². The number of benzene rings is 2. The number of aromatic nitrogens is 1. The van der Waals surface area contributed by atoms with Crippen molar-refractivity contribution in [1.82, 2.24) is 4.98 Å². The van der Waals surface area contributed by atoms with Crippen LogP contribution in [0, 0.1) is 20.2 Å². The molecule has 0 amide bonds. The molecule has 1 aromatic heterocycles. The summed E-state index contributed by atoms with van der Waals surface area (Å²) < 4.78 is 0. The van der Waals surface area contributed by atoms with Crippen molar-refractivity contribution in [1.29, 1.82) is 0 Å². The van der Waals surface area contributed by atoms with Crippen LogP contribution >= 0.6 is 23.2 Å². The minimum atomic E-state index is -0.805. The van der Waals surface area contributed by atoms with Gasteiger partial charge in [0.05, 0.1) is 31.8 Å². The Hall–Kier alpha value is -2.71. The van der Waals surface area contributed by atoms with E-state index in [-0.39, 0.29) is 31.9 Å². The van der Waals surface area contributed by atoms with Crippen molar-refractivity contribution in [2.24, 2.45) is 0 Å². The van der Waals surface area contributed by atoms with Gasteiger partial charge in [-0.25, -0.2) is 0 Å². The molecule has 0 fully saturated rings. The molecule has 3 rings (SSSR count). The Bertz CT molecular complexity index is 1080. The average molecular weight is 354 g/mol. The van der Waals surface area contributed by atoms with Crippen LogP contribution in [-0.4, -0.2) is 14.8 Å². The third-order valence-electron chi connectivity index (χ3n) is 3.30. The number of rotatable bonds is 2. The van der Waals surface area contributed by atoms with E-state index in [0.717, 1.165) is 12.1 Å². The summed E-state index contributed by atoms with van der Waals surface area (Å²) in [4.78, 5) is 35.8. The number of aromatic amines is 1. The number of pyridine rings is 1. The standard InChI is InChI=1S/C13H5Cl2N3O5/c14-5-1-7-11(9(15)2-5)16-12-8(13(7)19)3-6(17(20)21)4-10(12)18(22)23/h1-4H,(H,16,19). The molecule has 0 aliphatic heterocycles. The third-order valence-corrected chi connectivity index (χ3v) is 3.82. The fourth-order valence-electron chi connectivity index (χ4n) is 2.32. The Morgan fingerprint density at radius 1 is 0.913 bits per heavy atom. The number of nitro groups is 2. The predicted molar refractivity (Wildman–Crippen MR) is 85.4 cm³/mol. The molecular weight excluding hydrogens is 349 g/mol. The quantitative estimate of drug-likeness (QED) is 0.426. The fraction of sp³-hybridized carbons (Fsp3) is 0. The summed E-state index contributed by atoms with van der Waals surface area (Å²) in [6.45, 7) is 0. The van der Waals surface area contributed by atoms with Gasteiger partial charge in [0.25, 0.3) is 11.4 Å². The van der Waals surface area contributed by atoms with Crippen LogP contribution in [0.3, 0.4) is 0 Å². The summed E-state index contributed by atoms with van der Waals surface area (Å²) in [5.74, 6) is 0. The minimum Gasteiger partial charge on any atom is -0.347 e. The Balaban J connectivity index is 2.61. The lowest BCUT2D eigenvalue weighted by Gasteiger charge is -2.06. The SMILES string of the molecule is O=c1c2cc(Cl)cc(Cl)c2[nH]c2c([N+](=O)[O-])cc([N+](=O)[O-])cc12. The number of non-ortho nitro benzene ring substituents is 2. The van der Waals surface area contributed by atoms with Gasteiger partial charge in [0.15, 0.2) is 5.43 Å². The Labute approximate surface area is 136 Å². The molecular formula is C13H5Cl2N3O5. The van der Waals surface area contributed by atoms with Crippen molar-refractivity contribution >= 4 is 56.4 Å². The molecule has 1 N–H and O–H groups in total. The number of nitro benzene ring substituents is 2. The van der Waals surface area contributed by atoms with Gasteiger partial charge in [-0.3, -0.25) is 25.0 Å². The number of hydrogen-bond acceptors (Lipinski definition) is 5. The maximum Gasteiger partial charge on any atom is 0.300 e. The van der Waals surface area contributed by atoms with Crippen molar-refractivity contribution in [2.75, 3.05) is 0 Å². The van der Waals surface area contributed by atoms with Gasteiger partial charge in [0, 0.05) is 16.5 Å². The van der Waals surface area contributed by atoms with Gasteiger partial charge >= 0.3 is 0 Å². The van der Waals surface area contributed by atoms with E-state index in [4.69, 9.17) is 23.2 Å². The van der Waals surface area contributed by atoms with Gasteiger partial charge in [-0.05, 0) is 12.1 Å². The van der Waals surface area contributed by atoms with Crippen molar-refractivity contribution in [3.8, 4) is 0 Å². The third kappa shape index (κ3) is 2.37. The molecule has 0 atom stereocenters. The maximum absolute atomic E-state index is 12.6. The predicted octanol–water partition coefficient (Wildman–Crippen LogP) is 3.80. The molecule has 10 heteroatoms. The minimum absolute atomic E-state index is 0.0878. The van der Waals surface area contributed by atoms with Gasteiger partial charge in [0.2, 0.25) is 0 Å². The number of nitrogens with zero attached hydrogens (tertiary/aromatic N) is 2. The number of fused-ring (bicyclic) bond motifs is 2. The lowest BCUT2D eigenvalue weighted by molar-refractivity contribution is -0.393. The summed E-state index contributed by atoms with van der Waals surface area (Å²) in [7, 11) is 0. The summed E-state index contributed by atoms with van der Waals surface area (Å²) in [5.41, 5.74) is -1.74. The molecule has 0 radical (unpaired) electrons. The second-order valence-corrected chi connectivity index (χ2v) is 5.51. The Morgan fingerprint density at radius 2 is 1.57 bits per heavy atom. The van der Waals surface area contributed by atoms with Gasteiger partial charge < -0.3 is 4.98 Å². The van der Waals surface area contributed by atoms with E-state index in [9.17, 15) is 25.0 Å². The van der Waals surface area contributed by atoms with E-state index in [1.807, 2.05) is 0 Å². The summed E-state index contributed by atoms with van der Waals surface area (Å²) >= 11 is 11.9. The van der Waals surface area contributed by atoms with Crippen LogP contribution in [0.15, 0.2) is 29.1 Å². The molecule has 0 bridgehead atoms. The van der Waals surface area contributed by atoms with Crippen LogP contribution < -0.4 is 5.43 Å². The van der Waals surface area contributed by atoms with Crippen molar-refractivity contribution in [2.45, 2.75) is 0 Å².